The summed E-state index contributed by atoms with van der Waals surface area (Å²) < 4.78 is 5.38. The monoisotopic (exact) mass is 257 g/mol. The minimum absolute atomic E-state index is 0.560. The van der Waals surface area contributed by atoms with E-state index in [4.69, 9.17) is 10.5 Å². The van der Waals surface area contributed by atoms with Gasteiger partial charge in [-0.3, -0.25) is 0 Å². The van der Waals surface area contributed by atoms with Gasteiger partial charge in [0.05, 0.1) is 12.8 Å². The van der Waals surface area contributed by atoms with E-state index < -0.39 is 0 Å². The number of nitrogens with zero attached hydrogens (tertiary/aromatic N) is 2. The molecule has 0 unspecified atom stereocenters. The van der Waals surface area contributed by atoms with Gasteiger partial charge in [0.2, 0.25) is 0 Å². The highest BCUT2D eigenvalue weighted by Crippen LogP contribution is 2.28. The fraction of sp³-hybridized carbons (Fsp3) is 0.333. The molecule has 1 aromatic heterocycles. The van der Waals surface area contributed by atoms with Crippen LogP contribution in [0.3, 0.4) is 0 Å². The minimum atomic E-state index is 0.560. The molecular formula is C15H19N3O. The van der Waals surface area contributed by atoms with Crippen LogP contribution >= 0.6 is 0 Å². The van der Waals surface area contributed by atoms with Gasteiger partial charge in [-0.1, -0.05) is 0 Å². The summed E-state index contributed by atoms with van der Waals surface area (Å²) in [5.74, 6) is 1.71. The molecule has 2 rings (SSSR count). The third kappa shape index (κ3) is 2.90. The summed E-state index contributed by atoms with van der Waals surface area (Å²) in [6.07, 6.45) is 2.48. The summed E-state index contributed by atoms with van der Waals surface area (Å²) in [5.41, 5.74) is 9.76. The third-order valence-corrected chi connectivity index (χ3v) is 3.03. The zero-order chi connectivity index (χ0) is 13.8. The van der Waals surface area contributed by atoms with E-state index in [1.807, 2.05) is 19.9 Å². The molecule has 100 valence electrons. The Labute approximate surface area is 113 Å². The first-order valence-corrected chi connectivity index (χ1v) is 6.33. The summed E-state index contributed by atoms with van der Waals surface area (Å²) >= 11 is 0. The van der Waals surface area contributed by atoms with Crippen molar-refractivity contribution < 1.29 is 4.74 Å². The summed E-state index contributed by atoms with van der Waals surface area (Å²) in [6, 6.07) is 6.08. The maximum Gasteiger partial charge on any atom is 0.130 e. The molecule has 2 aromatic rings. The van der Waals surface area contributed by atoms with Crippen molar-refractivity contribution in [3.63, 3.8) is 0 Å². The first kappa shape index (κ1) is 13.5. The first-order valence-electron chi connectivity index (χ1n) is 6.33. The predicted octanol–water partition coefficient (Wildman–Crippen LogP) is 2.27. The van der Waals surface area contributed by atoms with Crippen LogP contribution in [0.1, 0.15) is 17.0 Å². The maximum absolute atomic E-state index is 5.54. The fourth-order valence-corrected chi connectivity index (χ4v) is 2.23. The smallest absolute Gasteiger partial charge is 0.130 e. The van der Waals surface area contributed by atoms with Crippen LogP contribution in [-0.2, 0) is 6.42 Å². The number of rotatable bonds is 4. The summed E-state index contributed by atoms with van der Waals surface area (Å²) in [4.78, 5) is 8.76. The molecule has 0 bridgehead atoms. The molecule has 0 radical (unpaired) electrons. The van der Waals surface area contributed by atoms with Crippen molar-refractivity contribution in [3.05, 3.63) is 41.3 Å². The van der Waals surface area contributed by atoms with Crippen molar-refractivity contribution in [1.29, 1.82) is 0 Å². The van der Waals surface area contributed by atoms with Crippen molar-refractivity contribution in [2.45, 2.75) is 20.3 Å². The molecule has 0 fully saturated rings. The lowest BCUT2D eigenvalue weighted by molar-refractivity contribution is 0.408. The predicted molar refractivity (Wildman–Crippen MR) is 76.3 cm³/mol. The Balaban J connectivity index is 2.44. The SMILES string of the molecule is COc1c(C)cc(-c2ccnc(CCN)n2)cc1C. The quantitative estimate of drug-likeness (QED) is 0.912. The first-order chi connectivity index (χ1) is 9.15. The second kappa shape index (κ2) is 5.80. The lowest BCUT2D eigenvalue weighted by atomic mass is 10.0. The largest absolute Gasteiger partial charge is 0.496 e. The molecular weight excluding hydrogens is 238 g/mol. The Morgan fingerprint density at radius 2 is 1.89 bits per heavy atom. The zero-order valence-corrected chi connectivity index (χ0v) is 11.6. The van der Waals surface area contributed by atoms with Crippen LogP contribution < -0.4 is 10.5 Å². The van der Waals surface area contributed by atoms with Crippen LogP contribution in [0.2, 0.25) is 0 Å². The van der Waals surface area contributed by atoms with Gasteiger partial charge in [0.1, 0.15) is 11.6 Å². The van der Waals surface area contributed by atoms with Crippen LogP contribution in [0, 0.1) is 13.8 Å². The van der Waals surface area contributed by atoms with Crippen molar-refractivity contribution in [2.24, 2.45) is 5.73 Å². The molecule has 2 N–H and O–H groups in total. The van der Waals surface area contributed by atoms with Gasteiger partial charge < -0.3 is 10.5 Å². The summed E-state index contributed by atoms with van der Waals surface area (Å²) in [7, 11) is 1.69. The molecule has 0 spiro atoms. The molecule has 0 aliphatic carbocycles. The summed E-state index contributed by atoms with van der Waals surface area (Å²) in [6.45, 7) is 4.64. The highest BCUT2D eigenvalue weighted by molar-refractivity contribution is 5.63. The summed E-state index contributed by atoms with van der Waals surface area (Å²) in [5, 5.41) is 0. The highest BCUT2D eigenvalue weighted by Gasteiger charge is 2.08. The van der Waals surface area contributed by atoms with Gasteiger partial charge in [-0.25, -0.2) is 9.97 Å². The minimum Gasteiger partial charge on any atom is -0.496 e. The van der Waals surface area contributed by atoms with E-state index in [1.54, 1.807) is 13.3 Å². The van der Waals surface area contributed by atoms with Gasteiger partial charge in [0.25, 0.3) is 0 Å². The highest BCUT2D eigenvalue weighted by atomic mass is 16.5. The number of ether oxygens (including phenoxy) is 1. The Bertz CT molecular complexity index is 558. The van der Waals surface area contributed by atoms with Gasteiger partial charge in [-0.15, -0.1) is 0 Å². The number of aryl methyl sites for hydroxylation is 2. The van der Waals surface area contributed by atoms with Crippen molar-refractivity contribution >= 4 is 0 Å². The molecule has 0 aliphatic heterocycles. The van der Waals surface area contributed by atoms with Gasteiger partial charge in [-0.05, 0) is 49.7 Å². The van der Waals surface area contributed by atoms with E-state index in [-0.39, 0.29) is 0 Å². The van der Waals surface area contributed by atoms with Gasteiger partial charge in [0, 0.05) is 18.2 Å². The molecule has 1 aromatic carbocycles. The van der Waals surface area contributed by atoms with Crippen LogP contribution in [0.5, 0.6) is 5.75 Å². The van der Waals surface area contributed by atoms with Crippen LogP contribution in [0.4, 0.5) is 0 Å². The normalized spacial score (nSPS) is 10.5. The fourth-order valence-electron chi connectivity index (χ4n) is 2.23. The lowest BCUT2D eigenvalue weighted by Crippen LogP contribution is -2.06. The van der Waals surface area contributed by atoms with E-state index in [9.17, 15) is 0 Å². The van der Waals surface area contributed by atoms with E-state index >= 15 is 0 Å². The number of hydrogen-bond acceptors (Lipinski definition) is 4. The number of aromatic nitrogens is 2. The molecule has 0 atom stereocenters. The van der Waals surface area contributed by atoms with E-state index in [2.05, 4.69) is 22.1 Å². The Morgan fingerprint density at radius 1 is 1.21 bits per heavy atom. The molecule has 0 aliphatic rings. The van der Waals surface area contributed by atoms with Crippen molar-refractivity contribution in [1.82, 2.24) is 9.97 Å². The number of benzene rings is 1. The Hall–Kier alpha value is -1.94. The van der Waals surface area contributed by atoms with E-state index in [0.717, 1.165) is 34.0 Å². The third-order valence-electron chi connectivity index (χ3n) is 3.03. The van der Waals surface area contributed by atoms with E-state index in [0.29, 0.717) is 13.0 Å². The second-order valence-electron chi connectivity index (χ2n) is 4.54. The van der Waals surface area contributed by atoms with Crippen molar-refractivity contribution in [3.8, 4) is 17.0 Å². The van der Waals surface area contributed by atoms with Crippen LogP contribution in [0.15, 0.2) is 24.4 Å². The average molecular weight is 257 g/mol. The van der Waals surface area contributed by atoms with Crippen LogP contribution in [-0.4, -0.2) is 23.6 Å². The number of methoxy groups -OCH3 is 1. The number of hydrogen-bond donors (Lipinski definition) is 1. The maximum atomic E-state index is 5.54. The molecule has 0 saturated heterocycles. The molecule has 0 amide bonds. The van der Waals surface area contributed by atoms with E-state index in [1.165, 1.54) is 0 Å². The molecule has 19 heavy (non-hydrogen) atoms. The number of nitrogens with two attached hydrogens (primary N) is 1. The Morgan fingerprint density at radius 3 is 2.47 bits per heavy atom. The van der Waals surface area contributed by atoms with Gasteiger partial charge in [-0.2, -0.15) is 0 Å². The molecule has 1 heterocycles. The van der Waals surface area contributed by atoms with Crippen LogP contribution in [0.25, 0.3) is 11.3 Å². The van der Waals surface area contributed by atoms with Gasteiger partial charge in [0.15, 0.2) is 0 Å². The molecule has 0 saturated carbocycles. The lowest BCUT2D eigenvalue weighted by Gasteiger charge is -2.11. The molecule has 4 heteroatoms. The molecule has 4 nitrogen and oxygen atoms in total. The zero-order valence-electron chi connectivity index (χ0n) is 11.6. The topological polar surface area (TPSA) is 61.0 Å². The van der Waals surface area contributed by atoms with Gasteiger partial charge >= 0.3 is 0 Å². The average Bonchev–Trinajstić information content (AvgIpc) is 2.39. The standard InChI is InChI=1S/C15H19N3O/c1-10-8-12(9-11(2)15(10)19-3)13-5-7-17-14(18-13)4-6-16/h5,7-9H,4,6,16H2,1-3H3. The van der Waals surface area contributed by atoms with Crippen molar-refractivity contribution in [2.75, 3.05) is 13.7 Å². The Kier molecular flexibility index (Phi) is 4.12. The second-order valence-corrected chi connectivity index (χ2v) is 4.54.